The second-order valence-corrected chi connectivity index (χ2v) is 4.40. The maximum absolute atomic E-state index is 11.4. The highest BCUT2D eigenvalue weighted by Crippen LogP contribution is 2.21. The van der Waals surface area contributed by atoms with Crippen LogP contribution in [0.3, 0.4) is 0 Å². The number of nitrogens with one attached hydrogen (secondary N) is 1. The van der Waals surface area contributed by atoms with Crippen molar-refractivity contribution in [1.29, 1.82) is 0 Å². The molecule has 1 aromatic heterocycles. The van der Waals surface area contributed by atoms with Gasteiger partial charge in [-0.1, -0.05) is 23.2 Å². The fourth-order valence-corrected chi connectivity index (χ4v) is 1.94. The van der Waals surface area contributed by atoms with Gasteiger partial charge in [0, 0.05) is 10.0 Å². The zero-order chi connectivity index (χ0) is 13.3. The Balaban J connectivity index is 2.48. The highest BCUT2D eigenvalue weighted by molar-refractivity contribution is 6.34. The summed E-state index contributed by atoms with van der Waals surface area (Å²) in [5.74, 6) is 4.54. The van der Waals surface area contributed by atoms with Gasteiger partial charge in [0.05, 0.1) is 11.4 Å². The van der Waals surface area contributed by atoms with Crippen LogP contribution in [0.5, 0.6) is 0 Å². The summed E-state index contributed by atoms with van der Waals surface area (Å²) in [6.45, 7) is 1.65. The zero-order valence-corrected chi connectivity index (χ0v) is 10.8. The van der Waals surface area contributed by atoms with Gasteiger partial charge in [0.1, 0.15) is 0 Å². The van der Waals surface area contributed by atoms with E-state index in [9.17, 15) is 4.79 Å². The normalized spacial score (nSPS) is 10.4. The van der Waals surface area contributed by atoms with E-state index in [2.05, 4.69) is 10.2 Å². The van der Waals surface area contributed by atoms with Crippen molar-refractivity contribution in [2.75, 3.05) is 0 Å². The van der Waals surface area contributed by atoms with Crippen molar-refractivity contribution in [3.63, 3.8) is 0 Å². The Morgan fingerprint density at radius 3 is 2.44 bits per heavy atom. The Bertz CT molecular complexity index is 590. The number of nitrogens with zero attached hydrogens (tertiary/aromatic N) is 3. The molecule has 6 nitrogen and oxygen atoms in total. The van der Waals surface area contributed by atoms with Crippen molar-refractivity contribution in [2.24, 2.45) is 5.84 Å². The van der Waals surface area contributed by atoms with Crippen molar-refractivity contribution in [3.05, 3.63) is 39.6 Å². The van der Waals surface area contributed by atoms with Crippen LogP contribution in [0.1, 0.15) is 16.2 Å². The highest BCUT2D eigenvalue weighted by Gasteiger charge is 2.15. The minimum atomic E-state index is -0.508. The van der Waals surface area contributed by atoms with E-state index < -0.39 is 5.91 Å². The average Bonchev–Trinajstić information content (AvgIpc) is 2.69. The molecule has 18 heavy (non-hydrogen) atoms. The van der Waals surface area contributed by atoms with Gasteiger partial charge in [-0.05, 0) is 25.1 Å². The first-order chi connectivity index (χ1) is 8.51. The molecule has 1 aromatic carbocycles. The molecule has 1 heterocycles. The number of benzene rings is 1. The van der Waals surface area contributed by atoms with E-state index in [1.807, 2.05) is 5.43 Å². The third kappa shape index (κ3) is 2.45. The van der Waals surface area contributed by atoms with Gasteiger partial charge in [0.15, 0.2) is 5.69 Å². The summed E-state index contributed by atoms with van der Waals surface area (Å²) in [6, 6.07) is 4.87. The molecule has 0 fully saturated rings. The lowest BCUT2D eigenvalue weighted by Gasteiger charge is -2.01. The number of aryl methyl sites for hydroxylation is 1. The average molecular weight is 286 g/mol. The SMILES string of the molecule is Cc1nn(-c2cc(Cl)cc(Cl)c2)nc1C(=O)NN. The molecule has 0 aliphatic carbocycles. The molecule has 0 aliphatic heterocycles. The first-order valence-electron chi connectivity index (χ1n) is 4.92. The molecular weight excluding hydrogens is 277 g/mol. The topological polar surface area (TPSA) is 85.8 Å². The van der Waals surface area contributed by atoms with Gasteiger partial charge in [0.2, 0.25) is 0 Å². The summed E-state index contributed by atoms with van der Waals surface area (Å²) >= 11 is 11.8. The van der Waals surface area contributed by atoms with Crippen LogP contribution in [0.25, 0.3) is 5.69 Å². The van der Waals surface area contributed by atoms with Crippen LogP contribution in [0.15, 0.2) is 18.2 Å². The summed E-state index contributed by atoms with van der Waals surface area (Å²) in [5.41, 5.74) is 3.16. The molecule has 94 valence electrons. The molecule has 0 bridgehead atoms. The summed E-state index contributed by atoms with van der Waals surface area (Å²) in [4.78, 5) is 12.7. The molecule has 0 aliphatic rings. The van der Waals surface area contributed by atoms with E-state index in [-0.39, 0.29) is 5.69 Å². The predicted octanol–water partition coefficient (Wildman–Crippen LogP) is 1.49. The molecule has 2 rings (SSSR count). The van der Waals surface area contributed by atoms with Crippen LogP contribution in [0.4, 0.5) is 0 Å². The van der Waals surface area contributed by atoms with Crippen molar-refractivity contribution < 1.29 is 4.79 Å². The molecular formula is C10H9Cl2N5O. The monoisotopic (exact) mass is 285 g/mol. The van der Waals surface area contributed by atoms with Crippen molar-refractivity contribution in [3.8, 4) is 5.69 Å². The lowest BCUT2D eigenvalue weighted by molar-refractivity contribution is 0.0947. The molecule has 3 N–H and O–H groups in total. The van der Waals surface area contributed by atoms with Crippen LogP contribution in [0.2, 0.25) is 10.0 Å². The Kier molecular flexibility index (Phi) is 3.51. The predicted molar refractivity (Wildman–Crippen MR) is 67.8 cm³/mol. The van der Waals surface area contributed by atoms with Gasteiger partial charge in [-0.15, -0.1) is 5.10 Å². The smallest absolute Gasteiger partial charge is 0.287 e. The van der Waals surface area contributed by atoms with Gasteiger partial charge in [-0.3, -0.25) is 10.2 Å². The van der Waals surface area contributed by atoms with Gasteiger partial charge in [-0.2, -0.15) is 9.90 Å². The number of halogens is 2. The number of carbonyl (C=O) groups excluding carboxylic acids is 1. The van der Waals surface area contributed by atoms with Gasteiger partial charge >= 0.3 is 0 Å². The molecule has 1 amide bonds. The lowest BCUT2D eigenvalue weighted by atomic mass is 10.3. The molecule has 0 saturated heterocycles. The fraction of sp³-hybridized carbons (Fsp3) is 0.100. The Hall–Kier alpha value is -1.63. The summed E-state index contributed by atoms with van der Waals surface area (Å²) < 4.78 is 0. The van der Waals surface area contributed by atoms with Gasteiger partial charge < -0.3 is 0 Å². The van der Waals surface area contributed by atoms with Crippen LogP contribution in [-0.4, -0.2) is 20.9 Å². The van der Waals surface area contributed by atoms with Gasteiger partial charge in [0.25, 0.3) is 5.91 Å². The summed E-state index contributed by atoms with van der Waals surface area (Å²) in [5, 5.41) is 9.04. The molecule has 0 unspecified atom stereocenters. The third-order valence-electron chi connectivity index (χ3n) is 2.21. The van der Waals surface area contributed by atoms with Crippen molar-refractivity contribution in [2.45, 2.75) is 6.92 Å². The maximum atomic E-state index is 11.4. The summed E-state index contributed by atoms with van der Waals surface area (Å²) in [7, 11) is 0. The molecule has 0 saturated carbocycles. The fourth-order valence-electron chi connectivity index (χ4n) is 1.43. The van der Waals surface area contributed by atoms with Crippen LogP contribution < -0.4 is 11.3 Å². The van der Waals surface area contributed by atoms with E-state index in [1.54, 1.807) is 25.1 Å². The Morgan fingerprint density at radius 1 is 1.28 bits per heavy atom. The number of aromatic nitrogens is 3. The van der Waals surface area contributed by atoms with E-state index in [4.69, 9.17) is 29.0 Å². The molecule has 8 heteroatoms. The highest BCUT2D eigenvalue weighted by atomic mass is 35.5. The number of nitrogen functional groups attached to an aromatic ring is 1. The van der Waals surface area contributed by atoms with Gasteiger partial charge in [-0.25, -0.2) is 5.84 Å². The quantitative estimate of drug-likeness (QED) is 0.497. The second kappa shape index (κ2) is 4.93. The zero-order valence-electron chi connectivity index (χ0n) is 9.32. The molecule has 0 radical (unpaired) electrons. The number of hydrazine groups is 1. The standard InChI is InChI=1S/C10H9Cl2N5O/c1-5-9(10(18)14-13)16-17(15-5)8-3-6(11)2-7(12)4-8/h2-4H,13H2,1H3,(H,14,18). The first-order valence-corrected chi connectivity index (χ1v) is 5.68. The number of nitrogens with two attached hydrogens (primary N) is 1. The van der Waals surface area contributed by atoms with Crippen LogP contribution in [0, 0.1) is 6.92 Å². The summed E-state index contributed by atoms with van der Waals surface area (Å²) in [6.07, 6.45) is 0. The number of hydrogen-bond donors (Lipinski definition) is 2. The van der Waals surface area contributed by atoms with Crippen molar-refractivity contribution >= 4 is 29.1 Å². The Morgan fingerprint density at radius 2 is 1.89 bits per heavy atom. The van der Waals surface area contributed by atoms with E-state index in [0.29, 0.717) is 21.4 Å². The number of rotatable bonds is 2. The lowest BCUT2D eigenvalue weighted by Crippen LogP contribution is -2.30. The number of amides is 1. The third-order valence-corrected chi connectivity index (χ3v) is 2.64. The minimum absolute atomic E-state index is 0.147. The second-order valence-electron chi connectivity index (χ2n) is 3.52. The first kappa shape index (κ1) is 12.8. The molecule has 0 atom stereocenters. The Labute approximate surface area is 113 Å². The number of carbonyl (C=O) groups is 1. The largest absolute Gasteiger partial charge is 0.289 e. The van der Waals surface area contributed by atoms with E-state index in [0.717, 1.165) is 0 Å². The van der Waals surface area contributed by atoms with Crippen LogP contribution in [-0.2, 0) is 0 Å². The van der Waals surface area contributed by atoms with Crippen molar-refractivity contribution in [1.82, 2.24) is 20.4 Å². The van der Waals surface area contributed by atoms with Crippen LogP contribution >= 0.6 is 23.2 Å². The number of hydrogen-bond acceptors (Lipinski definition) is 4. The molecule has 0 spiro atoms. The minimum Gasteiger partial charge on any atom is -0.289 e. The molecule has 2 aromatic rings. The van der Waals surface area contributed by atoms with E-state index >= 15 is 0 Å². The van der Waals surface area contributed by atoms with E-state index in [1.165, 1.54) is 4.80 Å². The maximum Gasteiger partial charge on any atom is 0.287 e.